The molecule has 5 nitrogen and oxygen atoms in total. The normalized spacial score (nSPS) is 10.7. The Balaban J connectivity index is 2.37. The molecule has 0 amide bonds. The van der Waals surface area contributed by atoms with Crippen molar-refractivity contribution >= 4 is 33.0 Å². The summed E-state index contributed by atoms with van der Waals surface area (Å²) < 4.78 is 3.10. The summed E-state index contributed by atoms with van der Waals surface area (Å²) in [6.07, 6.45) is 2.25. The van der Waals surface area contributed by atoms with Crippen molar-refractivity contribution in [3.05, 3.63) is 53.9 Å². The van der Waals surface area contributed by atoms with Crippen LogP contribution in [0.15, 0.2) is 37.8 Å². The number of aromatic nitrogens is 2. The summed E-state index contributed by atoms with van der Waals surface area (Å²) in [7, 11) is 0. The monoisotopic (exact) mass is 356 g/mol. The quantitative estimate of drug-likeness (QED) is 0.771. The number of thiophene rings is 1. The molecule has 106 valence electrons. The predicted octanol–water partition coefficient (Wildman–Crippen LogP) is 2.13. The Bertz CT molecular complexity index is 745. The standard InChI is InChI=1S/C13H13BrN2O3S/c1-2-5-15-6-3-11(18)16(13(15)19)8-10(17)12-9(14)4-7-20-12/h3-4,6-7H,2,5,8H2,1H3. The van der Waals surface area contributed by atoms with Crippen LogP contribution in [0.5, 0.6) is 0 Å². The Labute approximate surface area is 127 Å². The van der Waals surface area contributed by atoms with E-state index < -0.39 is 11.2 Å². The van der Waals surface area contributed by atoms with Gasteiger partial charge in [-0.1, -0.05) is 6.92 Å². The van der Waals surface area contributed by atoms with Crippen LogP contribution in [0.3, 0.4) is 0 Å². The Hall–Kier alpha value is -1.47. The lowest BCUT2D eigenvalue weighted by Crippen LogP contribution is -2.40. The number of hydrogen-bond donors (Lipinski definition) is 0. The van der Waals surface area contributed by atoms with Gasteiger partial charge in [-0.15, -0.1) is 11.3 Å². The van der Waals surface area contributed by atoms with Gasteiger partial charge in [0.15, 0.2) is 5.78 Å². The maximum absolute atomic E-state index is 12.1. The largest absolute Gasteiger partial charge is 0.331 e. The first-order valence-corrected chi connectivity index (χ1v) is 7.78. The second kappa shape index (κ2) is 6.32. The Morgan fingerprint density at radius 2 is 2.10 bits per heavy atom. The highest BCUT2D eigenvalue weighted by molar-refractivity contribution is 9.10. The average Bonchev–Trinajstić information content (AvgIpc) is 2.84. The summed E-state index contributed by atoms with van der Waals surface area (Å²) in [5.74, 6) is -0.250. The van der Waals surface area contributed by atoms with Crippen LogP contribution in [0.2, 0.25) is 0 Å². The molecule has 0 bridgehead atoms. The molecule has 0 saturated carbocycles. The van der Waals surface area contributed by atoms with Gasteiger partial charge in [0.1, 0.15) is 0 Å². The minimum Gasteiger partial charge on any atom is -0.300 e. The number of nitrogens with zero attached hydrogens (tertiary/aromatic N) is 2. The molecule has 0 radical (unpaired) electrons. The van der Waals surface area contributed by atoms with E-state index in [1.165, 1.54) is 28.2 Å². The molecule has 2 aromatic heterocycles. The van der Waals surface area contributed by atoms with Crippen molar-refractivity contribution in [2.75, 3.05) is 0 Å². The zero-order valence-corrected chi connectivity index (χ0v) is 13.2. The number of ketones is 1. The molecule has 0 fully saturated rings. The second-order valence-electron chi connectivity index (χ2n) is 4.24. The smallest absolute Gasteiger partial charge is 0.300 e. The van der Waals surface area contributed by atoms with E-state index in [0.717, 1.165) is 11.0 Å². The van der Waals surface area contributed by atoms with Crippen LogP contribution in [0, 0.1) is 0 Å². The molecule has 0 aliphatic rings. The van der Waals surface area contributed by atoms with E-state index in [0.29, 0.717) is 15.9 Å². The molecule has 0 aliphatic heterocycles. The van der Waals surface area contributed by atoms with Gasteiger partial charge < -0.3 is 4.57 Å². The van der Waals surface area contributed by atoms with Gasteiger partial charge in [-0.05, 0) is 33.8 Å². The topological polar surface area (TPSA) is 61.1 Å². The molecular weight excluding hydrogens is 344 g/mol. The van der Waals surface area contributed by atoms with Gasteiger partial charge in [-0.25, -0.2) is 4.79 Å². The summed E-state index contributed by atoms with van der Waals surface area (Å²) in [5, 5.41) is 1.78. The van der Waals surface area contributed by atoms with E-state index >= 15 is 0 Å². The van der Waals surface area contributed by atoms with Crippen molar-refractivity contribution in [3.8, 4) is 0 Å². The first kappa shape index (κ1) is 14.9. The Morgan fingerprint density at radius 3 is 2.70 bits per heavy atom. The van der Waals surface area contributed by atoms with E-state index in [-0.39, 0.29) is 12.3 Å². The summed E-state index contributed by atoms with van der Waals surface area (Å²) in [6.45, 7) is 2.23. The Kier molecular flexibility index (Phi) is 4.72. The van der Waals surface area contributed by atoms with Crippen LogP contribution in [-0.4, -0.2) is 14.9 Å². The lowest BCUT2D eigenvalue weighted by atomic mass is 10.3. The number of hydrogen-bond acceptors (Lipinski definition) is 4. The SMILES string of the molecule is CCCn1ccc(=O)n(CC(=O)c2sccc2Br)c1=O. The number of rotatable bonds is 5. The molecule has 2 heterocycles. The molecule has 20 heavy (non-hydrogen) atoms. The minimum absolute atomic E-state index is 0.235. The molecule has 0 unspecified atom stereocenters. The zero-order chi connectivity index (χ0) is 14.7. The molecule has 2 rings (SSSR count). The highest BCUT2D eigenvalue weighted by Crippen LogP contribution is 2.23. The van der Waals surface area contributed by atoms with Crippen LogP contribution in [0.1, 0.15) is 23.0 Å². The number of aryl methyl sites for hydroxylation is 1. The number of Topliss-reactive ketones (excluding diaryl/α,β-unsaturated/α-hetero) is 1. The maximum Gasteiger partial charge on any atom is 0.331 e. The third kappa shape index (κ3) is 2.99. The molecule has 0 atom stereocenters. The lowest BCUT2D eigenvalue weighted by Gasteiger charge is -2.08. The van der Waals surface area contributed by atoms with Gasteiger partial charge >= 0.3 is 5.69 Å². The number of carbonyl (C=O) groups is 1. The summed E-state index contributed by atoms with van der Waals surface area (Å²) in [6, 6.07) is 3.08. The van der Waals surface area contributed by atoms with E-state index in [4.69, 9.17) is 0 Å². The van der Waals surface area contributed by atoms with Crippen LogP contribution < -0.4 is 11.2 Å². The Morgan fingerprint density at radius 1 is 1.35 bits per heavy atom. The number of carbonyl (C=O) groups excluding carboxylic acids is 1. The highest BCUT2D eigenvalue weighted by Gasteiger charge is 2.15. The fraction of sp³-hybridized carbons (Fsp3) is 0.308. The molecule has 7 heteroatoms. The van der Waals surface area contributed by atoms with Crippen molar-refractivity contribution in [3.63, 3.8) is 0 Å². The molecule has 0 aliphatic carbocycles. The van der Waals surface area contributed by atoms with Gasteiger partial charge in [-0.3, -0.25) is 14.2 Å². The first-order chi connectivity index (χ1) is 9.54. The number of halogens is 1. The van der Waals surface area contributed by atoms with E-state index in [1.807, 2.05) is 6.92 Å². The minimum atomic E-state index is -0.455. The summed E-state index contributed by atoms with van der Waals surface area (Å²) >= 11 is 4.56. The van der Waals surface area contributed by atoms with Crippen LogP contribution >= 0.6 is 27.3 Å². The lowest BCUT2D eigenvalue weighted by molar-refractivity contribution is 0.0971. The van der Waals surface area contributed by atoms with Gasteiger partial charge in [0.05, 0.1) is 11.4 Å². The van der Waals surface area contributed by atoms with Gasteiger partial charge in [-0.2, -0.15) is 0 Å². The van der Waals surface area contributed by atoms with Crippen LogP contribution in [0.4, 0.5) is 0 Å². The van der Waals surface area contributed by atoms with Crippen LogP contribution in [0.25, 0.3) is 0 Å². The second-order valence-corrected chi connectivity index (χ2v) is 6.01. The van der Waals surface area contributed by atoms with Gasteiger partial charge in [0, 0.05) is 23.3 Å². The van der Waals surface area contributed by atoms with E-state index in [2.05, 4.69) is 15.9 Å². The van der Waals surface area contributed by atoms with Gasteiger partial charge in [0.25, 0.3) is 5.56 Å². The van der Waals surface area contributed by atoms with Crippen molar-refractivity contribution in [1.29, 1.82) is 0 Å². The predicted molar refractivity (Wildman–Crippen MR) is 81.6 cm³/mol. The van der Waals surface area contributed by atoms with Crippen molar-refractivity contribution < 1.29 is 4.79 Å². The zero-order valence-electron chi connectivity index (χ0n) is 10.8. The highest BCUT2D eigenvalue weighted by atomic mass is 79.9. The molecule has 0 saturated heterocycles. The van der Waals surface area contributed by atoms with Gasteiger partial charge in [0.2, 0.25) is 0 Å². The molecule has 2 aromatic rings. The van der Waals surface area contributed by atoms with E-state index in [9.17, 15) is 14.4 Å². The molecule has 0 aromatic carbocycles. The fourth-order valence-corrected chi connectivity index (χ4v) is 3.35. The molecule has 0 spiro atoms. The molecular formula is C13H13BrN2O3S. The summed E-state index contributed by atoms with van der Waals surface area (Å²) in [4.78, 5) is 36.6. The first-order valence-electron chi connectivity index (χ1n) is 6.11. The van der Waals surface area contributed by atoms with Crippen molar-refractivity contribution in [2.24, 2.45) is 0 Å². The molecule has 0 N–H and O–H groups in total. The third-order valence-electron chi connectivity index (χ3n) is 2.78. The maximum atomic E-state index is 12.1. The fourth-order valence-electron chi connectivity index (χ4n) is 1.82. The third-order valence-corrected chi connectivity index (χ3v) is 4.66. The van der Waals surface area contributed by atoms with Crippen molar-refractivity contribution in [2.45, 2.75) is 26.4 Å². The van der Waals surface area contributed by atoms with Crippen LogP contribution in [-0.2, 0) is 13.1 Å². The average molecular weight is 357 g/mol. The van der Waals surface area contributed by atoms with Crippen molar-refractivity contribution in [1.82, 2.24) is 9.13 Å². The summed E-state index contributed by atoms with van der Waals surface area (Å²) in [5.41, 5.74) is -0.899. The van der Waals surface area contributed by atoms with E-state index in [1.54, 1.807) is 11.4 Å².